The van der Waals surface area contributed by atoms with Crippen LogP contribution in [-0.4, -0.2) is 39.9 Å². The molecule has 0 radical (unpaired) electrons. The molecule has 0 heterocycles. The molecule has 1 rings (SSSR count). The Balaban J connectivity index is 2.84. The van der Waals surface area contributed by atoms with Crippen LogP contribution in [0, 0.1) is 0 Å². The van der Waals surface area contributed by atoms with Gasteiger partial charge in [0.2, 0.25) is 5.91 Å². The number of rotatable bonds is 7. The average molecular weight is 303 g/mol. The van der Waals surface area contributed by atoms with Gasteiger partial charge in [0.25, 0.3) is 0 Å². The van der Waals surface area contributed by atoms with E-state index in [2.05, 4.69) is 5.32 Å². The predicted molar refractivity (Wildman–Crippen MR) is 77.7 cm³/mol. The zero-order chi connectivity index (χ0) is 15.1. The van der Waals surface area contributed by atoms with E-state index in [-0.39, 0.29) is 25.0 Å². The summed E-state index contributed by atoms with van der Waals surface area (Å²) in [7, 11) is 4.53. The van der Waals surface area contributed by atoms with Gasteiger partial charge in [-0.1, -0.05) is 11.6 Å². The van der Waals surface area contributed by atoms with E-state index < -0.39 is 0 Å². The maximum Gasteiger partial charge on any atom is 0.227 e. The normalized spacial score (nSPS) is 11.8. The number of amides is 1. The third-order valence-electron chi connectivity index (χ3n) is 2.76. The van der Waals surface area contributed by atoms with E-state index in [0.717, 1.165) is 0 Å². The molecule has 0 aliphatic heterocycles. The molecule has 112 valence electrons. The highest BCUT2D eigenvalue weighted by atomic mass is 35.5. The van der Waals surface area contributed by atoms with Crippen molar-refractivity contribution in [3.8, 4) is 11.5 Å². The SMILES string of the molecule is COc1cc(Cl)c(NC(=O)CC(CN)OC)cc1OC. The Bertz CT molecular complexity index is 464. The Morgan fingerprint density at radius 1 is 1.30 bits per heavy atom. The van der Waals surface area contributed by atoms with E-state index in [1.807, 2.05) is 0 Å². The first-order chi connectivity index (χ1) is 9.55. The van der Waals surface area contributed by atoms with Gasteiger partial charge in [-0.15, -0.1) is 0 Å². The number of anilines is 1. The van der Waals surface area contributed by atoms with E-state index in [1.165, 1.54) is 21.3 Å². The molecule has 7 heteroatoms. The van der Waals surface area contributed by atoms with Crippen LogP contribution in [0.15, 0.2) is 12.1 Å². The minimum Gasteiger partial charge on any atom is -0.493 e. The second kappa shape index (κ2) is 7.94. The van der Waals surface area contributed by atoms with Crippen molar-refractivity contribution in [1.82, 2.24) is 0 Å². The lowest BCUT2D eigenvalue weighted by Gasteiger charge is -2.15. The molecule has 0 aliphatic carbocycles. The van der Waals surface area contributed by atoms with Crippen LogP contribution < -0.4 is 20.5 Å². The van der Waals surface area contributed by atoms with Gasteiger partial charge in [-0.05, 0) is 0 Å². The minimum atomic E-state index is -0.325. The third kappa shape index (κ3) is 4.26. The summed E-state index contributed by atoms with van der Waals surface area (Å²) in [6, 6.07) is 3.18. The average Bonchev–Trinajstić information content (AvgIpc) is 2.46. The fraction of sp³-hybridized carbons (Fsp3) is 0.462. The van der Waals surface area contributed by atoms with Crippen molar-refractivity contribution in [2.75, 3.05) is 33.2 Å². The highest BCUT2D eigenvalue weighted by Gasteiger charge is 2.15. The van der Waals surface area contributed by atoms with Crippen molar-refractivity contribution in [2.45, 2.75) is 12.5 Å². The number of methoxy groups -OCH3 is 3. The number of hydrogen-bond donors (Lipinski definition) is 2. The second-order valence-corrected chi connectivity index (χ2v) is 4.44. The lowest BCUT2D eigenvalue weighted by atomic mass is 10.2. The minimum absolute atomic E-state index is 0.150. The monoisotopic (exact) mass is 302 g/mol. The maximum absolute atomic E-state index is 11.9. The van der Waals surface area contributed by atoms with E-state index in [4.69, 9.17) is 31.5 Å². The molecule has 1 aromatic rings. The molecule has 0 bridgehead atoms. The molecule has 1 amide bonds. The largest absolute Gasteiger partial charge is 0.493 e. The molecule has 1 unspecified atom stereocenters. The first-order valence-corrected chi connectivity index (χ1v) is 6.37. The van der Waals surface area contributed by atoms with Gasteiger partial charge >= 0.3 is 0 Å². The summed E-state index contributed by atoms with van der Waals surface area (Å²) >= 11 is 6.08. The number of benzene rings is 1. The predicted octanol–water partition coefficient (Wildman–Crippen LogP) is 1.66. The number of halogens is 1. The van der Waals surface area contributed by atoms with Crippen LogP contribution in [0.4, 0.5) is 5.69 Å². The highest BCUT2D eigenvalue weighted by Crippen LogP contribution is 2.36. The molecule has 0 fully saturated rings. The summed E-state index contributed by atoms with van der Waals surface area (Å²) in [6.07, 6.45) is -0.175. The van der Waals surface area contributed by atoms with Gasteiger partial charge in [-0.2, -0.15) is 0 Å². The molecule has 0 saturated heterocycles. The number of nitrogens with two attached hydrogens (primary N) is 1. The lowest BCUT2D eigenvalue weighted by Crippen LogP contribution is -2.28. The van der Waals surface area contributed by atoms with Crippen LogP contribution in [0.2, 0.25) is 5.02 Å². The maximum atomic E-state index is 11.9. The van der Waals surface area contributed by atoms with Crippen LogP contribution in [-0.2, 0) is 9.53 Å². The van der Waals surface area contributed by atoms with Crippen molar-refractivity contribution in [3.63, 3.8) is 0 Å². The van der Waals surface area contributed by atoms with E-state index in [9.17, 15) is 4.79 Å². The molecule has 0 saturated carbocycles. The van der Waals surface area contributed by atoms with Gasteiger partial charge in [-0.25, -0.2) is 0 Å². The molecule has 0 aliphatic rings. The Labute approximate surface area is 123 Å². The molecular formula is C13H19ClN2O4. The summed E-state index contributed by atoms with van der Waals surface area (Å²) < 4.78 is 15.3. The topological polar surface area (TPSA) is 82.8 Å². The van der Waals surface area contributed by atoms with Gasteiger partial charge in [-0.3, -0.25) is 4.79 Å². The Hall–Kier alpha value is -1.50. The summed E-state index contributed by atoms with van der Waals surface area (Å²) in [5.41, 5.74) is 5.92. The van der Waals surface area contributed by atoms with Crippen molar-refractivity contribution in [1.29, 1.82) is 0 Å². The zero-order valence-electron chi connectivity index (χ0n) is 11.7. The lowest BCUT2D eigenvalue weighted by molar-refractivity contribution is -0.118. The summed E-state index contributed by atoms with van der Waals surface area (Å²) in [5, 5.41) is 3.05. The van der Waals surface area contributed by atoms with Crippen LogP contribution in [0.5, 0.6) is 11.5 Å². The van der Waals surface area contributed by atoms with Gasteiger partial charge in [0.15, 0.2) is 11.5 Å². The van der Waals surface area contributed by atoms with E-state index in [1.54, 1.807) is 12.1 Å². The first-order valence-electron chi connectivity index (χ1n) is 5.99. The van der Waals surface area contributed by atoms with E-state index >= 15 is 0 Å². The third-order valence-corrected chi connectivity index (χ3v) is 3.07. The first kappa shape index (κ1) is 16.6. The summed E-state index contributed by atoms with van der Waals surface area (Å²) in [6.45, 7) is 0.267. The number of carbonyl (C=O) groups is 1. The highest BCUT2D eigenvalue weighted by molar-refractivity contribution is 6.34. The van der Waals surface area contributed by atoms with Crippen molar-refractivity contribution in [3.05, 3.63) is 17.2 Å². The van der Waals surface area contributed by atoms with E-state index in [0.29, 0.717) is 22.2 Å². The van der Waals surface area contributed by atoms with Crippen molar-refractivity contribution in [2.24, 2.45) is 5.73 Å². The molecule has 1 atom stereocenters. The van der Waals surface area contributed by atoms with Crippen molar-refractivity contribution >= 4 is 23.2 Å². The number of hydrogen-bond acceptors (Lipinski definition) is 5. The van der Waals surface area contributed by atoms with Crippen LogP contribution >= 0.6 is 11.6 Å². The molecule has 20 heavy (non-hydrogen) atoms. The molecule has 0 aromatic heterocycles. The zero-order valence-corrected chi connectivity index (χ0v) is 12.5. The summed E-state index contributed by atoms with van der Waals surface area (Å²) in [4.78, 5) is 11.9. The van der Waals surface area contributed by atoms with Gasteiger partial charge < -0.3 is 25.3 Å². The molecule has 1 aromatic carbocycles. The summed E-state index contributed by atoms with van der Waals surface area (Å²) in [5.74, 6) is 0.734. The van der Waals surface area contributed by atoms with Gasteiger partial charge in [0, 0.05) is 25.8 Å². The second-order valence-electron chi connectivity index (χ2n) is 4.03. The van der Waals surface area contributed by atoms with Crippen LogP contribution in [0.25, 0.3) is 0 Å². The number of carbonyl (C=O) groups excluding carboxylic acids is 1. The molecule has 6 nitrogen and oxygen atoms in total. The quantitative estimate of drug-likeness (QED) is 0.800. The number of nitrogens with one attached hydrogen (secondary N) is 1. The van der Waals surface area contributed by atoms with Crippen LogP contribution in [0.1, 0.15) is 6.42 Å². The van der Waals surface area contributed by atoms with Gasteiger partial charge in [0.1, 0.15) is 0 Å². The Kier molecular flexibility index (Phi) is 6.57. The molecule has 0 spiro atoms. The van der Waals surface area contributed by atoms with Gasteiger partial charge in [0.05, 0.1) is 37.5 Å². The van der Waals surface area contributed by atoms with Crippen LogP contribution in [0.3, 0.4) is 0 Å². The smallest absolute Gasteiger partial charge is 0.227 e. The molecule has 3 N–H and O–H groups in total. The molecular weight excluding hydrogens is 284 g/mol. The Morgan fingerprint density at radius 2 is 1.90 bits per heavy atom. The standard InChI is InChI=1S/C13H19ClN2O4/c1-18-8(7-15)4-13(17)16-10-6-12(20-3)11(19-2)5-9(10)14/h5-6,8H,4,7,15H2,1-3H3,(H,16,17). The Morgan fingerprint density at radius 3 is 2.40 bits per heavy atom. The van der Waals surface area contributed by atoms with Crippen molar-refractivity contribution < 1.29 is 19.0 Å². The fourth-order valence-corrected chi connectivity index (χ4v) is 1.82. The fourth-order valence-electron chi connectivity index (χ4n) is 1.62. The number of ether oxygens (including phenoxy) is 3.